The van der Waals surface area contributed by atoms with Crippen molar-refractivity contribution in [3.05, 3.63) is 27.7 Å². The van der Waals surface area contributed by atoms with Crippen molar-refractivity contribution >= 4 is 39.1 Å². The number of rotatable bonds is 2. The monoisotopic (exact) mass is 316 g/mol. The van der Waals surface area contributed by atoms with Gasteiger partial charge in [-0.3, -0.25) is 4.79 Å². The molecule has 0 saturated carbocycles. The number of piperidine rings is 1. The summed E-state index contributed by atoms with van der Waals surface area (Å²) in [6, 6.07) is 5.39. The standard InChI is InChI=1S/C12H14BrClN2O/c13-10-6-9(3-4-11(10)14)16-12(17)8-2-1-5-15-7-8/h3-4,6,8,15H,1-2,5,7H2,(H,16,17). The van der Waals surface area contributed by atoms with Gasteiger partial charge >= 0.3 is 0 Å². The first-order chi connectivity index (χ1) is 8.16. The van der Waals surface area contributed by atoms with Crippen LogP contribution in [0.1, 0.15) is 12.8 Å². The zero-order valence-corrected chi connectivity index (χ0v) is 11.6. The number of hydrogen-bond acceptors (Lipinski definition) is 2. The van der Waals surface area contributed by atoms with Crippen molar-refractivity contribution in [2.45, 2.75) is 12.8 Å². The summed E-state index contributed by atoms with van der Waals surface area (Å²) >= 11 is 9.23. The number of anilines is 1. The minimum Gasteiger partial charge on any atom is -0.326 e. The molecule has 17 heavy (non-hydrogen) atoms. The molecular formula is C12H14BrClN2O. The minimum atomic E-state index is 0.0678. The van der Waals surface area contributed by atoms with Crippen LogP contribution >= 0.6 is 27.5 Å². The average Bonchev–Trinajstić information content (AvgIpc) is 2.35. The maximum absolute atomic E-state index is 12.0. The fourth-order valence-electron chi connectivity index (χ4n) is 1.89. The number of amides is 1. The summed E-state index contributed by atoms with van der Waals surface area (Å²) in [5, 5.41) is 6.78. The van der Waals surface area contributed by atoms with Crippen molar-refractivity contribution in [2.24, 2.45) is 5.92 Å². The molecule has 1 aromatic rings. The molecule has 2 N–H and O–H groups in total. The first kappa shape index (κ1) is 12.9. The fraction of sp³-hybridized carbons (Fsp3) is 0.417. The molecule has 2 rings (SSSR count). The number of carbonyl (C=O) groups is 1. The van der Waals surface area contributed by atoms with E-state index in [0.29, 0.717) is 5.02 Å². The van der Waals surface area contributed by atoms with Crippen LogP contribution in [-0.2, 0) is 4.79 Å². The van der Waals surface area contributed by atoms with E-state index in [-0.39, 0.29) is 11.8 Å². The number of hydrogen-bond donors (Lipinski definition) is 2. The normalized spacial score (nSPS) is 20.0. The Bertz CT molecular complexity index is 419. The first-order valence-corrected chi connectivity index (χ1v) is 6.80. The number of halogens is 2. The third kappa shape index (κ3) is 3.44. The van der Waals surface area contributed by atoms with Gasteiger partial charge in [-0.2, -0.15) is 0 Å². The van der Waals surface area contributed by atoms with E-state index in [1.54, 1.807) is 12.1 Å². The molecule has 5 heteroatoms. The maximum Gasteiger partial charge on any atom is 0.228 e. The lowest BCUT2D eigenvalue weighted by Gasteiger charge is -2.21. The summed E-state index contributed by atoms with van der Waals surface area (Å²) in [7, 11) is 0. The van der Waals surface area contributed by atoms with Crippen LogP contribution in [0.3, 0.4) is 0 Å². The van der Waals surface area contributed by atoms with Crippen LogP contribution in [0, 0.1) is 5.92 Å². The van der Waals surface area contributed by atoms with E-state index in [0.717, 1.165) is 36.1 Å². The Morgan fingerprint density at radius 2 is 2.35 bits per heavy atom. The van der Waals surface area contributed by atoms with Gasteiger partial charge in [-0.1, -0.05) is 11.6 Å². The Balaban J connectivity index is 1.99. The van der Waals surface area contributed by atoms with E-state index >= 15 is 0 Å². The van der Waals surface area contributed by atoms with Crippen molar-refractivity contribution in [3.63, 3.8) is 0 Å². The van der Waals surface area contributed by atoms with Gasteiger partial charge in [0.25, 0.3) is 0 Å². The van der Waals surface area contributed by atoms with Crippen molar-refractivity contribution in [3.8, 4) is 0 Å². The predicted octanol–water partition coefficient (Wildman–Crippen LogP) is 3.04. The molecule has 1 unspecified atom stereocenters. The molecule has 1 aliphatic rings. The van der Waals surface area contributed by atoms with Gasteiger partial charge in [-0.25, -0.2) is 0 Å². The van der Waals surface area contributed by atoms with Crippen LogP contribution in [0.25, 0.3) is 0 Å². The second kappa shape index (κ2) is 5.85. The summed E-state index contributed by atoms with van der Waals surface area (Å²) < 4.78 is 0.790. The van der Waals surface area contributed by atoms with E-state index < -0.39 is 0 Å². The van der Waals surface area contributed by atoms with Gasteiger partial charge in [0, 0.05) is 16.7 Å². The van der Waals surface area contributed by atoms with Crippen molar-refractivity contribution in [1.82, 2.24) is 5.32 Å². The van der Waals surface area contributed by atoms with Crippen LogP contribution in [0.4, 0.5) is 5.69 Å². The summed E-state index contributed by atoms with van der Waals surface area (Å²) in [6.07, 6.45) is 2.01. The zero-order valence-electron chi connectivity index (χ0n) is 9.30. The van der Waals surface area contributed by atoms with Gasteiger partial charge in [0.2, 0.25) is 5.91 Å². The van der Waals surface area contributed by atoms with Crippen molar-refractivity contribution in [1.29, 1.82) is 0 Å². The van der Waals surface area contributed by atoms with E-state index in [1.165, 1.54) is 0 Å². The first-order valence-electron chi connectivity index (χ1n) is 5.63. The van der Waals surface area contributed by atoms with E-state index in [9.17, 15) is 4.79 Å². The van der Waals surface area contributed by atoms with Gasteiger partial charge in [0.05, 0.1) is 10.9 Å². The van der Waals surface area contributed by atoms with Crippen molar-refractivity contribution in [2.75, 3.05) is 18.4 Å². The second-order valence-corrected chi connectivity index (χ2v) is 5.42. The maximum atomic E-state index is 12.0. The lowest BCUT2D eigenvalue weighted by Crippen LogP contribution is -2.37. The Hall–Kier alpha value is -0.580. The summed E-state index contributed by atoms with van der Waals surface area (Å²) in [5.41, 5.74) is 0.775. The summed E-state index contributed by atoms with van der Waals surface area (Å²) in [4.78, 5) is 12.0. The molecule has 1 heterocycles. The molecule has 1 amide bonds. The molecule has 0 radical (unpaired) electrons. The highest BCUT2D eigenvalue weighted by Crippen LogP contribution is 2.26. The molecule has 1 aliphatic heterocycles. The third-order valence-electron chi connectivity index (χ3n) is 2.85. The van der Waals surface area contributed by atoms with Crippen LogP contribution in [0.5, 0.6) is 0 Å². The molecule has 3 nitrogen and oxygen atoms in total. The molecule has 1 fully saturated rings. The molecule has 0 aliphatic carbocycles. The zero-order chi connectivity index (χ0) is 12.3. The second-order valence-electron chi connectivity index (χ2n) is 4.16. The molecular weight excluding hydrogens is 304 g/mol. The van der Waals surface area contributed by atoms with E-state index in [2.05, 4.69) is 26.6 Å². The molecule has 0 bridgehead atoms. The van der Waals surface area contributed by atoms with Gasteiger partial charge in [0.15, 0.2) is 0 Å². The Kier molecular flexibility index (Phi) is 4.42. The average molecular weight is 318 g/mol. The Morgan fingerprint density at radius 3 is 3.00 bits per heavy atom. The number of carbonyl (C=O) groups excluding carboxylic acids is 1. The van der Waals surface area contributed by atoms with Crippen LogP contribution < -0.4 is 10.6 Å². The van der Waals surface area contributed by atoms with Crippen LogP contribution in [-0.4, -0.2) is 19.0 Å². The molecule has 0 aromatic heterocycles. The molecule has 1 aromatic carbocycles. The predicted molar refractivity (Wildman–Crippen MR) is 73.4 cm³/mol. The summed E-state index contributed by atoms with van der Waals surface area (Å²) in [6.45, 7) is 1.77. The number of nitrogens with one attached hydrogen (secondary N) is 2. The lowest BCUT2D eigenvalue weighted by molar-refractivity contribution is -0.120. The number of benzene rings is 1. The van der Waals surface area contributed by atoms with Gasteiger partial charge in [0.1, 0.15) is 0 Å². The quantitative estimate of drug-likeness (QED) is 0.880. The van der Waals surface area contributed by atoms with Crippen LogP contribution in [0.2, 0.25) is 5.02 Å². The highest BCUT2D eigenvalue weighted by molar-refractivity contribution is 9.10. The Labute approximate surface area is 114 Å². The topological polar surface area (TPSA) is 41.1 Å². The molecule has 0 spiro atoms. The van der Waals surface area contributed by atoms with Gasteiger partial charge < -0.3 is 10.6 Å². The van der Waals surface area contributed by atoms with Crippen LogP contribution in [0.15, 0.2) is 22.7 Å². The van der Waals surface area contributed by atoms with Crippen molar-refractivity contribution < 1.29 is 4.79 Å². The Morgan fingerprint density at radius 1 is 1.53 bits per heavy atom. The largest absolute Gasteiger partial charge is 0.326 e. The smallest absolute Gasteiger partial charge is 0.228 e. The highest BCUT2D eigenvalue weighted by Gasteiger charge is 2.20. The molecule has 1 saturated heterocycles. The summed E-state index contributed by atoms with van der Waals surface area (Å²) in [5.74, 6) is 0.143. The van der Waals surface area contributed by atoms with Gasteiger partial charge in [-0.15, -0.1) is 0 Å². The fourth-order valence-corrected chi connectivity index (χ4v) is 2.39. The molecule has 1 atom stereocenters. The lowest BCUT2D eigenvalue weighted by atomic mass is 9.99. The molecule has 92 valence electrons. The van der Waals surface area contributed by atoms with Gasteiger partial charge in [-0.05, 0) is 53.5 Å². The van der Waals surface area contributed by atoms with E-state index in [4.69, 9.17) is 11.6 Å². The third-order valence-corrected chi connectivity index (χ3v) is 4.07. The minimum absolute atomic E-state index is 0.0678. The highest BCUT2D eigenvalue weighted by atomic mass is 79.9. The van der Waals surface area contributed by atoms with E-state index in [1.807, 2.05) is 6.07 Å². The SMILES string of the molecule is O=C(Nc1ccc(Cl)c(Br)c1)C1CCCNC1.